The number of amides is 2. The van der Waals surface area contributed by atoms with Crippen molar-refractivity contribution < 1.29 is 24.0 Å². The van der Waals surface area contributed by atoms with Crippen molar-refractivity contribution in [2.45, 2.75) is 6.54 Å². The first-order chi connectivity index (χ1) is 12.3. The van der Waals surface area contributed by atoms with Gasteiger partial charge in [0.25, 0.3) is 17.2 Å². The highest BCUT2D eigenvalue weighted by atomic mass is 16.6. The van der Waals surface area contributed by atoms with Gasteiger partial charge in [-0.3, -0.25) is 19.7 Å². The monoisotopic (exact) mass is 364 g/mol. The molecule has 0 saturated carbocycles. The lowest BCUT2D eigenvalue weighted by Crippen LogP contribution is -2.29. The van der Waals surface area contributed by atoms with Crippen LogP contribution in [0.2, 0.25) is 0 Å². The molecule has 0 saturated heterocycles. The Hall–Kier alpha value is -3.63. The molecule has 11 heteroatoms. The molecule has 3 N–H and O–H groups in total. The number of hydrogen-bond acceptors (Lipinski definition) is 7. The molecule has 11 nitrogen and oxygen atoms in total. The smallest absolute Gasteiger partial charge is 0.404 e. The zero-order chi connectivity index (χ0) is 19.3. The maximum Gasteiger partial charge on any atom is 0.404 e. The molecule has 0 radical (unpaired) electrons. The van der Waals surface area contributed by atoms with Crippen LogP contribution in [0.25, 0.3) is 10.9 Å². The van der Waals surface area contributed by atoms with Gasteiger partial charge in [0.1, 0.15) is 6.61 Å². The van der Waals surface area contributed by atoms with Gasteiger partial charge in [-0.05, 0) is 12.1 Å². The van der Waals surface area contributed by atoms with Crippen molar-refractivity contribution in [1.29, 1.82) is 0 Å². The standard InChI is InChI=1S/C15H16N4O7/c1-17-13(20)8-26-12-7-9-6-10(19(23)24)2-3-11(9)18(14(12)21)4-5-25-15(16)22/h2-3,6-7H,4-5,8H2,1H3,(H2,16,22)(H,17,20). The fraction of sp³-hybridized carbons (Fsp3) is 0.267. The summed E-state index contributed by atoms with van der Waals surface area (Å²) in [5.74, 6) is -0.618. The number of carbonyl (C=O) groups is 2. The van der Waals surface area contributed by atoms with Crippen LogP contribution in [-0.4, -0.2) is 41.8 Å². The van der Waals surface area contributed by atoms with Crippen LogP contribution in [0, 0.1) is 10.1 Å². The SMILES string of the molecule is CNC(=O)COc1cc2cc([N+](=O)[O-])ccc2n(CCOC(N)=O)c1=O. The van der Waals surface area contributed by atoms with Crippen LogP contribution >= 0.6 is 0 Å². The Bertz CT molecular complexity index is 922. The Morgan fingerprint density at radius 2 is 2.08 bits per heavy atom. The van der Waals surface area contributed by atoms with Gasteiger partial charge in [-0.15, -0.1) is 0 Å². The van der Waals surface area contributed by atoms with Crippen LogP contribution < -0.4 is 21.3 Å². The maximum absolute atomic E-state index is 12.6. The fourth-order valence-electron chi connectivity index (χ4n) is 2.24. The van der Waals surface area contributed by atoms with Gasteiger partial charge in [-0.2, -0.15) is 0 Å². The van der Waals surface area contributed by atoms with Crippen molar-refractivity contribution in [1.82, 2.24) is 9.88 Å². The number of aromatic nitrogens is 1. The second-order valence-corrected chi connectivity index (χ2v) is 5.09. The van der Waals surface area contributed by atoms with Gasteiger partial charge < -0.3 is 25.1 Å². The first kappa shape index (κ1) is 18.7. The number of fused-ring (bicyclic) bond motifs is 1. The number of nitrogens with zero attached hydrogens (tertiary/aromatic N) is 2. The van der Waals surface area contributed by atoms with Crippen molar-refractivity contribution in [3.05, 3.63) is 44.7 Å². The number of nitro groups is 1. The number of likely N-dealkylation sites (N-methyl/N-ethyl adjacent to an activating group) is 1. The highest BCUT2D eigenvalue weighted by Crippen LogP contribution is 2.23. The quantitative estimate of drug-likeness (QED) is 0.522. The van der Waals surface area contributed by atoms with Gasteiger partial charge in [0.2, 0.25) is 0 Å². The van der Waals surface area contributed by atoms with Crippen LogP contribution in [0.1, 0.15) is 0 Å². The van der Waals surface area contributed by atoms with Crippen molar-refractivity contribution >= 4 is 28.6 Å². The van der Waals surface area contributed by atoms with E-state index in [2.05, 4.69) is 10.1 Å². The van der Waals surface area contributed by atoms with Gasteiger partial charge in [-0.1, -0.05) is 0 Å². The van der Waals surface area contributed by atoms with E-state index in [0.717, 1.165) is 0 Å². The predicted molar refractivity (Wildman–Crippen MR) is 90.0 cm³/mol. The maximum atomic E-state index is 12.6. The number of nitro benzene ring substituents is 1. The number of nitrogens with one attached hydrogen (secondary N) is 1. The van der Waals surface area contributed by atoms with Crippen LogP contribution in [0.3, 0.4) is 0 Å². The summed E-state index contributed by atoms with van der Waals surface area (Å²) in [5.41, 5.74) is 4.52. The third-order valence-corrected chi connectivity index (χ3v) is 3.45. The number of hydrogen-bond donors (Lipinski definition) is 2. The molecule has 0 fully saturated rings. The number of rotatable bonds is 7. The summed E-state index contributed by atoms with van der Waals surface area (Å²) < 4.78 is 11.1. The minimum Gasteiger partial charge on any atom is -0.478 e. The average Bonchev–Trinajstić information content (AvgIpc) is 2.60. The molecule has 26 heavy (non-hydrogen) atoms. The van der Waals surface area contributed by atoms with E-state index in [-0.39, 0.29) is 24.6 Å². The third-order valence-electron chi connectivity index (χ3n) is 3.45. The van der Waals surface area contributed by atoms with Gasteiger partial charge in [0.05, 0.1) is 17.0 Å². The second kappa shape index (κ2) is 7.96. The summed E-state index contributed by atoms with van der Waals surface area (Å²) in [6.07, 6.45) is -0.995. The van der Waals surface area contributed by atoms with Crippen molar-refractivity contribution in [2.75, 3.05) is 20.3 Å². The summed E-state index contributed by atoms with van der Waals surface area (Å²) in [4.78, 5) is 45.0. The van der Waals surface area contributed by atoms with E-state index in [1.807, 2.05) is 0 Å². The molecule has 0 spiro atoms. The minimum absolute atomic E-state index is 0.0484. The van der Waals surface area contributed by atoms with E-state index in [9.17, 15) is 24.5 Å². The third kappa shape index (κ3) is 4.26. The molecule has 0 atom stereocenters. The predicted octanol–water partition coefficient (Wildman–Crippen LogP) is 0.130. The molecule has 0 bridgehead atoms. The number of nitrogens with two attached hydrogens (primary N) is 1. The molecule has 0 aliphatic heterocycles. The first-order valence-corrected chi connectivity index (χ1v) is 7.41. The van der Waals surface area contributed by atoms with E-state index >= 15 is 0 Å². The molecule has 138 valence electrons. The van der Waals surface area contributed by atoms with Crippen LogP contribution in [0.4, 0.5) is 10.5 Å². The Kier molecular flexibility index (Phi) is 5.73. The molecule has 0 unspecified atom stereocenters. The lowest BCUT2D eigenvalue weighted by molar-refractivity contribution is -0.384. The first-order valence-electron chi connectivity index (χ1n) is 7.41. The fourth-order valence-corrected chi connectivity index (χ4v) is 2.24. The van der Waals surface area contributed by atoms with E-state index in [4.69, 9.17) is 10.5 Å². The lowest BCUT2D eigenvalue weighted by atomic mass is 10.2. The number of primary amides is 1. The zero-order valence-corrected chi connectivity index (χ0v) is 13.8. The summed E-state index contributed by atoms with van der Waals surface area (Å²) in [7, 11) is 1.41. The van der Waals surface area contributed by atoms with E-state index in [1.165, 1.54) is 35.9 Å². The highest BCUT2D eigenvalue weighted by Gasteiger charge is 2.15. The number of carbonyl (C=O) groups excluding carboxylic acids is 2. The largest absolute Gasteiger partial charge is 0.478 e. The number of non-ortho nitro benzene ring substituents is 1. The van der Waals surface area contributed by atoms with Gasteiger partial charge in [-0.25, -0.2) is 4.79 Å². The molecule has 1 heterocycles. The Morgan fingerprint density at radius 3 is 2.69 bits per heavy atom. The summed E-state index contributed by atoms with van der Waals surface area (Å²) in [6.45, 7) is -0.628. The van der Waals surface area contributed by atoms with Gasteiger partial charge in [0, 0.05) is 24.6 Å². The van der Waals surface area contributed by atoms with E-state index in [1.54, 1.807) is 0 Å². The number of pyridine rings is 1. The average molecular weight is 364 g/mol. The molecule has 0 aliphatic carbocycles. The van der Waals surface area contributed by atoms with Crippen molar-refractivity contribution in [2.24, 2.45) is 5.73 Å². The minimum atomic E-state index is -0.995. The zero-order valence-electron chi connectivity index (χ0n) is 13.8. The summed E-state index contributed by atoms with van der Waals surface area (Å²) in [5, 5.41) is 13.7. The van der Waals surface area contributed by atoms with Crippen LogP contribution in [0.15, 0.2) is 29.1 Å². The molecular weight excluding hydrogens is 348 g/mol. The van der Waals surface area contributed by atoms with Crippen molar-refractivity contribution in [3.8, 4) is 5.75 Å². The Balaban J connectivity index is 2.50. The van der Waals surface area contributed by atoms with Gasteiger partial charge >= 0.3 is 6.09 Å². The Labute approximate surface area is 146 Å². The molecule has 0 aliphatic rings. The molecule has 2 rings (SSSR count). The lowest BCUT2D eigenvalue weighted by Gasteiger charge is -2.13. The molecule has 2 amide bonds. The molecular formula is C15H16N4O7. The number of ether oxygens (including phenoxy) is 2. The van der Waals surface area contributed by atoms with Crippen molar-refractivity contribution in [3.63, 3.8) is 0 Å². The van der Waals surface area contributed by atoms with E-state index in [0.29, 0.717) is 10.9 Å². The normalized spacial score (nSPS) is 10.3. The molecule has 1 aromatic heterocycles. The highest BCUT2D eigenvalue weighted by molar-refractivity contribution is 5.83. The van der Waals surface area contributed by atoms with Crippen LogP contribution in [-0.2, 0) is 16.1 Å². The Morgan fingerprint density at radius 1 is 1.35 bits per heavy atom. The topological polar surface area (TPSA) is 156 Å². The molecule has 2 aromatic rings. The van der Waals surface area contributed by atoms with Crippen LogP contribution in [0.5, 0.6) is 5.75 Å². The second-order valence-electron chi connectivity index (χ2n) is 5.09. The summed E-state index contributed by atoms with van der Waals surface area (Å²) >= 11 is 0. The number of benzene rings is 1. The summed E-state index contributed by atoms with van der Waals surface area (Å²) in [6, 6.07) is 5.24. The van der Waals surface area contributed by atoms with E-state index < -0.39 is 29.1 Å². The molecule has 1 aromatic carbocycles. The van der Waals surface area contributed by atoms with Gasteiger partial charge in [0.15, 0.2) is 12.4 Å².